The summed E-state index contributed by atoms with van der Waals surface area (Å²) >= 11 is 0. The molecule has 188 valence electrons. The molecular weight excluding hydrogens is 400 g/mol. The molecular formula is C28H52O4. The molecule has 4 nitrogen and oxygen atoms in total. The summed E-state index contributed by atoms with van der Waals surface area (Å²) < 4.78 is 11.2. The van der Waals surface area contributed by atoms with Crippen LogP contribution in [-0.4, -0.2) is 25.2 Å². The van der Waals surface area contributed by atoms with Crippen LogP contribution < -0.4 is 0 Å². The Morgan fingerprint density at radius 2 is 1.25 bits per heavy atom. The molecule has 0 radical (unpaired) electrons. The van der Waals surface area contributed by atoms with Crippen molar-refractivity contribution < 1.29 is 19.1 Å². The number of hydrogen-bond donors (Lipinski definition) is 0. The van der Waals surface area contributed by atoms with Crippen LogP contribution in [0.3, 0.4) is 0 Å². The lowest BCUT2D eigenvalue weighted by Crippen LogP contribution is -2.30. The molecule has 4 heteroatoms. The van der Waals surface area contributed by atoms with Crippen LogP contribution in [-0.2, 0) is 19.1 Å². The molecule has 1 saturated carbocycles. The lowest BCUT2D eigenvalue weighted by atomic mass is 9.81. The quantitative estimate of drug-likeness (QED) is 0.147. The summed E-state index contributed by atoms with van der Waals surface area (Å²) in [4.78, 5) is 25.0. The van der Waals surface area contributed by atoms with Gasteiger partial charge in [-0.25, -0.2) is 0 Å². The van der Waals surface area contributed by atoms with Gasteiger partial charge >= 0.3 is 11.9 Å². The molecule has 0 aromatic heterocycles. The van der Waals surface area contributed by atoms with Crippen LogP contribution in [0.4, 0.5) is 0 Å². The van der Waals surface area contributed by atoms with Gasteiger partial charge in [-0.1, -0.05) is 104 Å². The maximum atomic E-state index is 12.5. The van der Waals surface area contributed by atoms with Gasteiger partial charge in [0.05, 0.1) is 25.0 Å². The van der Waals surface area contributed by atoms with E-state index in [1.807, 2.05) is 0 Å². The first-order valence-corrected chi connectivity index (χ1v) is 14.0. The Morgan fingerprint density at radius 3 is 1.81 bits per heavy atom. The molecule has 0 heterocycles. The van der Waals surface area contributed by atoms with E-state index in [-0.39, 0.29) is 23.8 Å². The molecule has 32 heavy (non-hydrogen) atoms. The van der Waals surface area contributed by atoms with Crippen molar-refractivity contribution in [1.29, 1.82) is 0 Å². The Hall–Kier alpha value is -1.06. The van der Waals surface area contributed by atoms with Gasteiger partial charge in [-0.15, -0.1) is 0 Å². The van der Waals surface area contributed by atoms with Crippen LogP contribution in [0.5, 0.6) is 0 Å². The lowest BCUT2D eigenvalue weighted by molar-refractivity contribution is -0.156. The molecule has 1 aliphatic carbocycles. The van der Waals surface area contributed by atoms with E-state index in [1.54, 1.807) is 0 Å². The van der Waals surface area contributed by atoms with E-state index >= 15 is 0 Å². The number of ether oxygens (including phenoxy) is 2. The van der Waals surface area contributed by atoms with E-state index in [1.165, 1.54) is 64.2 Å². The predicted octanol–water partition coefficient (Wildman–Crippen LogP) is 8.02. The van der Waals surface area contributed by atoms with E-state index in [9.17, 15) is 9.59 Å². The maximum Gasteiger partial charge on any atom is 0.308 e. The zero-order chi connectivity index (χ0) is 23.4. The smallest absolute Gasteiger partial charge is 0.308 e. The number of carbonyl (C=O) groups excluding carboxylic acids is 2. The zero-order valence-electron chi connectivity index (χ0n) is 21.5. The van der Waals surface area contributed by atoms with Crippen molar-refractivity contribution in [3.05, 3.63) is 0 Å². The summed E-state index contributed by atoms with van der Waals surface area (Å²) in [5.41, 5.74) is 0. The highest BCUT2D eigenvalue weighted by Crippen LogP contribution is 2.31. The van der Waals surface area contributed by atoms with Crippen molar-refractivity contribution in [3.8, 4) is 0 Å². The van der Waals surface area contributed by atoms with Crippen LogP contribution in [0.1, 0.15) is 136 Å². The Labute approximate surface area is 198 Å². The van der Waals surface area contributed by atoms with Crippen LogP contribution in [0.2, 0.25) is 0 Å². The first kappa shape index (κ1) is 29.0. The molecule has 1 aliphatic rings. The van der Waals surface area contributed by atoms with Gasteiger partial charge in [-0.05, 0) is 38.0 Å². The molecule has 0 spiro atoms. The minimum Gasteiger partial charge on any atom is -0.465 e. The predicted molar refractivity (Wildman–Crippen MR) is 133 cm³/mol. The summed E-state index contributed by atoms with van der Waals surface area (Å²) in [5.74, 6) is -0.0157. The largest absolute Gasteiger partial charge is 0.465 e. The molecule has 3 atom stereocenters. The third kappa shape index (κ3) is 13.5. The molecule has 1 fully saturated rings. The van der Waals surface area contributed by atoms with Crippen LogP contribution in [0, 0.1) is 17.8 Å². The zero-order valence-corrected chi connectivity index (χ0v) is 21.5. The van der Waals surface area contributed by atoms with Crippen LogP contribution in [0.15, 0.2) is 0 Å². The Bertz CT molecular complexity index is 476. The van der Waals surface area contributed by atoms with Gasteiger partial charge in [0.2, 0.25) is 0 Å². The third-order valence-electron chi connectivity index (χ3n) is 7.09. The summed E-state index contributed by atoms with van der Waals surface area (Å²) in [5, 5.41) is 0. The van der Waals surface area contributed by atoms with Crippen LogP contribution in [0.25, 0.3) is 0 Å². The highest BCUT2D eigenvalue weighted by molar-refractivity contribution is 5.76. The number of rotatable bonds is 19. The average molecular weight is 453 g/mol. The molecule has 1 rings (SSSR count). The van der Waals surface area contributed by atoms with E-state index in [2.05, 4.69) is 20.8 Å². The molecule has 0 bridgehead atoms. The molecule has 0 amide bonds. The van der Waals surface area contributed by atoms with Crippen molar-refractivity contribution in [1.82, 2.24) is 0 Å². The fourth-order valence-electron chi connectivity index (χ4n) is 4.71. The van der Waals surface area contributed by atoms with Crippen molar-refractivity contribution in [2.24, 2.45) is 17.8 Å². The number of esters is 2. The van der Waals surface area contributed by atoms with Gasteiger partial charge in [-0.3, -0.25) is 9.59 Å². The molecule has 0 saturated heterocycles. The first-order chi connectivity index (χ1) is 15.6. The van der Waals surface area contributed by atoms with Crippen molar-refractivity contribution >= 4 is 11.9 Å². The summed E-state index contributed by atoms with van der Waals surface area (Å²) in [6, 6.07) is 0. The Morgan fingerprint density at radius 1 is 0.719 bits per heavy atom. The Balaban J connectivity index is 2.14. The van der Waals surface area contributed by atoms with E-state index in [0.717, 1.165) is 44.9 Å². The number of carbonyl (C=O) groups is 2. The second kappa shape index (κ2) is 19.4. The summed E-state index contributed by atoms with van der Waals surface area (Å²) in [6.45, 7) is 7.66. The molecule has 0 aromatic carbocycles. The molecule has 3 unspecified atom stereocenters. The third-order valence-corrected chi connectivity index (χ3v) is 7.09. The Kier molecular flexibility index (Phi) is 17.6. The van der Waals surface area contributed by atoms with Gasteiger partial charge in [0.25, 0.3) is 0 Å². The second-order valence-electron chi connectivity index (χ2n) is 9.96. The topological polar surface area (TPSA) is 52.6 Å². The second-order valence-corrected chi connectivity index (χ2v) is 9.96. The minimum atomic E-state index is -0.137. The summed E-state index contributed by atoms with van der Waals surface area (Å²) in [7, 11) is 0. The number of unbranched alkanes of at least 4 members (excludes halogenated alkanes) is 10. The fraction of sp³-hybridized carbons (Fsp3) is 0.929. The summed E-state index contributed by atoms with van der Waals surface area (Å²) in [6.07, 6.45) is 20.5. The maximum absolute atomic E-state index is 12.5. The number of hydrogen-bond acceptors (Lipinski definition) is 4. The fourth-order valence-corrected chi connectivity index (χ4v) is 4.71. The normalized spacial score (nSPS) is 19.5. The minimum absolute atomic E-state index is 0.104. The van der Waals surface area contributed by atoms with E-state index in [0.29, 0.717) is 25.6 Å². The standard InChI is InChI=1S/C28H52O4/c1-4-7-9-10-11-12-13-14-15-16-21-31-27(29)25-19-17-20-26(22-25)28(30)32-23-24(6-3)18-8-5-2/h24-26H,4-23H2,1-3H3. The average Bonchev–Trinajstić information content (AvgIpc) is 2.82. The van der Waals surface area contributed by atoms with E-state index in [4.69, 9.17) is 9.47 Å². The van der Waals surface area contributed by atoms with Crippen LogP contribution >= 0.6 is 0 Å². The first-order valence-electron chi connectivity index (χ1n) is 14.0. The highest BCUT2D eigenvalue weighted by atomic mass is 16.5. The molecule has 0 N–H and O–H groups in total. The highest BCUT2D eigenvalue weighted by Gasteiger charge is 2.33. The van der Waals surface area contributed by atoms with Gasteiger partial charge in [0.15, 0.2) is 0 Å². The van der Waals surface area contributed by atoms with Crippen molar-refractivity contribution in [2.75, 3.05) is 13.2 Å². The monoisotopic (exact) mass is 452 g/mol. The SMILES string of the molecule is CCCCCCCCCCCCOC(=O)C1CCCC(C(=O)OCC(CC)CCCC)C1. The van der Waals surface area contributed by atoms with Gasteiger partial charge in [-0.2, -0.15) is 0 Å². The van der Waals surface area contributed by atoms with Crippen molar-refractivity contribution in [2.45, 2.75) is 136 Å². The van der Waals surface area contributed by atoms with Gasteiger partial charge in [0, 0.05) is 0 Å². The van der Waals surface area contributed by atoms with Crippen molar-refractivity contribution in [3.63, 3.8) is 0 Å². The molecule has 0 aliphatic heterocycles. The lowest BCUT2D eigenvalue weighted by Gasteiger charge is -2.27. The van der Waals surface area contributed by atoms with E-state index < -0.39 is 0 Å². The van der Waals surface area contributed by atoms with Gasteiger partial charge in [0.1, 0.15) is 0 Å². The van der Waals surface area contributed by atoms with Gasteiger partial charge < -0.3 is 9.47 Å². The molecule has 0 aromatic rings.